The molecule has 0 aromatic carbocycles. The molecule has 0 aromatic heterocycles. The smallest absolute Gasteiger partial charge is 0.266 e. The van der Waals surface area contributed by atoms with E-state index in [9.17, 15) is 8.42 Å². The number of hydrogen-bond donors (Lipinski definition) is 0. The van der Waals surface area contributed by atoms with Crippen LogP contribution in [0.2, 0.25) is 0 Å². The van der Waals surface area contributed by atoms with Crippen molar-refractivity contribution in [1.29, 1.82) is 0 Å². The first-order valence-corrected chi connectivity index (χ1v) is 7.09. The molecule has 13 heavy (non-hydrogen) atoms. The van der Waals surface area contributed by atoms with Crippen LogP contribution in [0.4, 0.5) is 0 Å². The molecule has 2 saturated carbocycles. The van der Waals surface area contributed by atoms with E-state index in [0.717, 1.165) is 12.8 Å². The number of halogens is 1. The molecule has 5 atom stereocenters. The van der Waals surface area contributed by atoms with Gasteiger partial charge in [0.15, 0.2) is 0 Å². The van der Waals surface area contributed by atoms with Gasteiger partial charge in [-0.3, -0.25) is 4.18 Å². The molecular weight excluding hydrogens is 303 g/mol. The van der Waals surface area contributed by atoms with Gasteiger partial charge in [0, 0.05) is 9.34 Å². The fourth-order valence-electron chi connectivity index (χ4n) is 3.30. The van der Waals surface area contributed by atoms with Crippen LogP contribution in [0.1, 0.15) is 19.8 Å². The van der Waals surface area contributed by atoms with Gasteiger partial charge in [-0.15, -0.1) is 0 Å². The highest BCUT2D eigenvalue weighted by molar-refractivity contribution is 14.1. The van der Waals surface area contributed by atoms with Gasteiger partial charge in [-0.1, -0.05) is 22.6 Å². The summed E-state index contributed by atoms with van der Waals surface area (Å²) in [4.78, 5) is 0. The molecule has 1 saturated heterocycles. The lowest BCUT2D eigenvalue weighted by Gasteiger charge is -2.30. The highest BCUT2D eigenvalue weighted by Gasteiger charge is 2.68. The quantitative estimate of drug-likeness (QED) is 0.385. The van der Waals surface area contributed by atoms with Gasteiger partial charge in [0.2, 0.25) is 0 Å². The Morgan fingerprint density at radius 1 is 1.46 bits per heavy atom. The molecule has 0 N–H and O–H groups in total. The Morgan fingerprint density at radius 2 is 2.15 bits per heavy atom. The molecule has 1 aliphatic heterocycles. The van der Waals surface area contributed by atoms with Crippen LogP contribution in [-0.2, 0) is 14.3 Å². The summed E-state index contributed by atoms with van der Waals surface area (Å²) in [5, 5.41) is -0.232. The molecule has 3 fully saturated rings. The molecule has 0 amide bonds. The van der Waals surface area contributed by atoms with Crippen molar-refractivity contribution in [2.45, 2.75) is 34.5 Å². The first-order valence-electron chi connectivity index (χ1n) is 4.54. The van der Waals surface area contributed by atoms with Crippen LogP contribution in [0.5, 0.6) is 0 Å². The minimum Gasteiger partial charge on any atom is -0.266 e. The number of alkyl halides is 1. The third-order valence-electron chi connectivity index (χ3n) is 3.86. The molecule has 0 radical (unpaired) electrons. The summed E-state index contributed by atoms with van der Waals surface area (Å²) in [7, 11) is -3.25. The SMILES string of the molecule is CC1(I)C2CC3OS(=O)(=O)C1C3C2. The zero-order valence-electron chi connectivity index (χ0n) is 7.23. The fourth-order valence-corrected chi connectivity index (χ4v) is 7.36. The van der Waals surface area contributed by atoms with E-state index in [1.165, 1.54) is 0 Å². The zero-order valence-corrected chi connectivity index (χ0v) is 10.2. The third kappa shape index (κ3) is 0.911. The predicted molar refractivity (Wildman–Crippen MR) is 56.2 cm³/mol. The van der Waals surface area contributed by atoms with Crippen molar-refractivity contribution < 1.29 is 12.6 Å². The summed E-state index contributed by atoms with van der Waals surface area (Å²) in [6.07, 6.45) is 2.01. The van der Waals surface area contributed by atoms with Crippen molar-refractivity contribution in [3.05, 3.63) is 0 Å². The van der Waals surface area contributed by atoms with Gasteiger partial charge in [0.1, 0.15) is 5.25 Å². The van der Waals surface area contributed by atoms with Crippen molar-refractivity contribution in [3.63, 3.8) is 0 Å². The summed E-state index contributed by atoms with van der Waals surface area (Å²) in [5.74, 6) is 0.835. The van der Waals surface area contributed by atoms with Crippen molar-refractivity contribution in [2.75, 3.05) is 0 Å². The molecule has 5 heteroatoms. The molecule has 3 aliphatic rings. The fraction of sp³-hybridized carbons (Fsp3) is 1.00. The van der Waals surface area contributed by atoms with E-state index < -0.39 is 10.1 Å². The van der Waals surface area contributed by atoms with E-state index >= 15 is 0 Å². The largest absolute Gasteiger partial charge is 0.272 e. The Hall–Kier alpha value is 0.640. The van der Waals surface area contributed by atoms with Gasteiger partial charge >= 0.3 is 0 Å². The van der Waals surface area contributed by atoms with Crippen LogP contribution < -0.4 is 0 Å². The Kier molecular flexibility index (Phi) is 1.54. The van der Waals surface area contributed by atoms with Crippen molar-refractivity contribution in [3.8, 4) is 0 Å². The molecular formula is C8H11IO3S. The lowest BCUT2D eigenvalue weighted by molar-refractivity contribution is 0.190. The van der Waals surface area contributed by atoms with Gasteiger partial charge in [-0.2, -0.15) is 8.42 Å². The van der Waals surface area contributed by atoms with Gasteiger partial charge in [0.25, 0.3) is 10.1 Å². The molecule has 0 aromatic rings. The van der Waals surface area contributed by atoms with Crippen LogP contribution in [-0.4, -0.2) is 23.2 Å². The minimum atomic E-state index is -3.25. The summed E-state index contributed by atoms with van der Waals surface area (Å²) in [5.41, 5.74) is 0. The minimum absolute atomic E-state index is 0.0165. The second-order valence-corrected chi connectivity index (χ2v) is 8.54. The van der Waals surface area contributed by atoms with Crippen molar-refractivity contribution in [2.24, 2.45) is 11.8 Å². The average molecular weight is 314 g/mol. The van der Waals surface area contributed by atoms with Gasteiger partial charge < -0.3 is 0 Å². The zero-order chi connectivity index (χ0) is 9.43. The van der Waals surface area contributed by atoms with Gasteiger partial charge in [-0.05, 0) is 25.7 Å². The Morgan fingerprint density at radius 3 is 2.69 bits per heavy atom. The van der Waals surface area contributed by atoms with E-state index in [-0.39, 0.29) is 20.7 Å². The summed E-state index contributed by atoms with van der Waals surface area (Å²) < 4.78 is 28.4. The van der Waals surface area contributed by atoms with E-state index in [0.29, 0.717) is 5.92 Å². The number of rotatable bonds is 0. The molecule has 0 spiro atoms. The van der Waals surface area contributed by atoms with Crippen LogP contribution in [0.25, 0.3) is 0 Å². The summed E-state index contributed by atoms with van der Waals surface area (Å²) in [6, 6.07) is 0. The molecule has 2 bridgehead atoms. The van der Waals surface area contributed by atoms with E-state index in [2.05, 4.69) is 29.5 Å². The summed E-state index contributed by atoms with van der Waals surface area (Å²) >= 11 is 2.31. The maximum Gasteiger partial charge on any atom is 0.272 e. The third-order valence-corrected chi connectivity index (χ3v) is 7.81. The van der Waals surface area contributed by atoms with Crippen molar-refractivity contribution >= 4 is 32.7 Å². The molecule has 2 aliphatic carbocycles. The molecule has 1 heterocycles. The number of fused-ring (bicyclic) bond motifs is 1. The lowest BCUT2D eigenvalue weighted by Crippen LogP contribution is -2.41. The van der Waals surface area contributed by atoms with E-state index in [1.54, 1.807) is 0 Å². The topological polar surface area (TPSA) is 43.4 Å². The van der Waals surface area contributed by atoms with Crippen LogP contribution in [0.3, 0.4) is 0 Å². The Labute approximate surface area is 91.5 Å². The van der Waals surface area contributed by atoms with E-state index in [4.69, 9.17) is 4.18 Å². The monoisotopic (exact) mass is 314 g/mol. The van der Waals surface area contributed by atoms with Gasteiger partial charge in [-0.25, -0.2) is 0 Å². The molecule has 3 nitrogen and oxygen atoms in total. The second kappa shape index (κ2) is 2.24. The first kappa shape index (κ1) is 8.91. The Balaban J connectivity index is 2.19. The number of hydrogen-bond acceptors (Lipinski definition) is 3. The maximum atomic E-state index is 11.7. The highest BCUT2D eigenvalue weighted by atomic mass is 127. The maximum absolute atomic E-state index is 11.7. The molecule has 5 unspecified atom stereocenters. The van der Waals surface area contributed by atoms with Crippen LogP contribution >= 0.6 is 22.6 Å². The molecule has 3 rings (SSSR count). The summed E-state index contributed by atoms with van der Waals surface area (Å²) in [6.45, 7) is 2.06. The average Bonchev–Trinajstić information content (AvgIpc) is 2.43. The lowest BCUT2D eigenvalue weighted by atomic mass is 9.88. The Bertz CT molecular complexity index is 360. The second-order valence-electron chi connectivity index (χ2n) is 4.53. The standard InChI is InChI=1S/C8H11IO3S/c1-8(9)4-2-5-6(3-4)12-13(10,11)7(5)8/h4-7H,2-3H2,1H3. The predicted octanol–water partition coefficient (Wildman–Crippen LogP) is 1.32. The van der Waals surface area contributed by atoms with Gasteiger partial charge in [0.05, 0.1) is 6.10 Å². The first-order chi connectivity index (χ1) is 5.93. The highest BCUT2D eigenvalue weighted by Crippen LogP contribution is 2.62. The molecule has 74 valence electrons. The normalized spacial score (nSPS) is 61.7. The van der Waals surface area contributed by atoms with Crippen molar-refractivity contribution in [1.82, 2.24) is 0 Å². The van der Waals surface area contributed by atoms with Crippen LogP contribution in [0, 0.1) is 11.8 Å². The van der Waals surface area contributed by atoms with E-state index in [1.807, 2.05) is 0 Å². The van der Waals surface area contributed by atoms with Crippen LogP contribution in [0.15, 0.2) is 0 Å².